The van der Waals surface area contributed by atoms with E-state index in [2.05, 4.69) is 20.9 Å². The summed E-state index contributed by atoms with van der Waals surface area (Å²) in [6, 6.07) is 1.58. The molecule has 0 aromatic carbocycles. The van der Waals surface area contributed by atoms with Crippen LogP contribution in [0.15, 0.2) is 21.5 Å². The Balaban J connectivity index is 2.70. The lowest BCUT2D eigenvalue weighted by molar-refractivity contribution is -0.143. The molecular formula is C17H21BrN2O6. The Labute approximate surface area is 158 Å². The van der Waals surface area contributed by atoms with Gasteiger partial charge in [-0.05, 0) is 42.8 Å². The first-order valence-corrected chi connectivity index (χ1v) is 9.05. The predicted molar refractivity (Wildman–Crippen MR) is 98.4 cm³/mol. The maximum Gasteiger partial charge on any atom is 0.347 e. The number of aromatic hydroxyl groups is 1. The molecule has 8 nitrogen and oxygen atoms in total. The molecule has 2 aromatic rings. The van der Waals surface area contributed by atoms with E-state index in [4.69, 9.17) is 14.2 Å². The molecule has 2 heterocycles. The molecule has 0 aliphatic rings. The van der Waals surface area contributed by atoms with Crippen molar-refractivity contribution in [3.05, 3.63) is 32.7 Å². The Bertz CT molecular complexity index is 845. The maximum absolute atomic E-state index is 12.9. The van der Waals surface area contributed by atoms with Crippen LogP contribution in [-0.2, 0) is 20.8 Å². The standard InChI is InChI=1S/C17H21BrN2O6/c1-4-24-12(25-5-2)9-20-15-11(7-10(18)8-19-15)14(21)13(16(20)22)17(23)26-6-3/h7-8,12,21H,4-6,9H2,1-3H3. The first-order chi connectivity index (χ1) is 12.4. The van der Waals surface area contributed by atoms with Crippen LogP contribution in [0.4, 0.5) is 0 Å². The van der Waals surface area contributed by atoms with Crippen molar-refractivity contribution in [3.63, 3.8) is 0 Å². The number of pyridine rings is 2. The van der Waals surface area contributed by atoms with Gasteiger partial charge in [-0.3, -0.25) is 9.36 Å². The lowest BCUT2D eigenvalue weighted by Crippen LogP contribution is -2.34. The normalized spacial score (nSPS) is 11.3. The van der Waals surface area contributed by atoms with Crippen LogP contribution in [0.5, 0.6) is 5.75 Å². The molecule has 0 saturated heterocycles. The number of ether oxygens (including phenoxy) is 3. The van der Waals surface area contributed by atoms with Gasteiger partial charge >= 0.3 is 5.97 Å². The third kappa shape index (κ3) is 4.22. The van der Waals surface area contributed by atoms with Gasteiger partial charge in [0.05, 0.1) is 18.5 Å². The lowest BCUT2D eigenvalue weighted by atomic mass is 10.1. The number of aromatic nitrogens is 2. The van der Waals surface area contributed by atoms with Crippen molar-refractivity contribution in [2.24, 2.45) is 0 Å². The molecule has 0 fully saturated rings. The number of hydrogen-bond donors (Lipinski definition) is 1. The summed E-state index contributed by atoms with van der Waals surface area (Å²) in [6.07, 6.45) is 0.800. The molecule has 2 aromatic heterocycles. The van der Waals surface area contributed by atoms with Crippen LogP contribution in [0.25, 0.3) is 11.0 Å². The van der Waals surface area contributed by atoms with Crippen molar-refractivity contribution in [1.82, 2.24) is 9.55 Å². The second kappa shape index (κ2) is 9.11. The molecule has 0 bridgehead atoms. The van der Waals surface area contributed by atoms with E-state index in [1.807, 2.05) is 13.8 Å². The number of nitrogens with zero attached hydrogens (tertiary/aromatic N) is 2. The maximum atomic E-state index is 12.9. The SMILES string of the molecule is CCOC(=O)c1c(O)c2cc(Br)cnc2n(CC(OCC)OCC)c1=O. The van der Waals surface area contributed by atoms with Crippen LogP contribution < -0.4 is 5.56 Å². The van der Waals surface area contributed by atoms with Crippen molar-refractivity contribution in [2.45, 2.75) is 33.6 Å². The quantitative estimate of drug-likeness (QED) is 0.508. The van der Waals surface area contributed by atoms with Crippen LogP contribution >= 0.6 is 15.9 Å². The van der Waals surface area contributed by atoms with Gasteiger partial charge in [0.15, 0.2) is 11.9 Å². The minimum Gasteiger partial charge on any atom is -0.506 e. The summed E-state index contributed by atoms with van der Waals surface area (Å²) in [7, 11) is 0. The summed E-state index contributed by atoms with van der Waals surface area (Å²) in [6.45, 7) is 6.10. The third-order valence-electron chi connectivity index (χ3n) is 3.56. The number of carbonyl (C=O) groups is 1. The van der Waals surface area contributed by atoms with E-state index >= 15 is 0 Å². The van der Waals surface area contributed by atoms with E-state index in [1.165, 1.54) is 10.8 Å². The Morgan fingerprint density at radius 3 is 2.50 bits per heavy atom. The highest BCUT2D eigenvalue weighted by molar-refractivity contribution is 9.10. The van der Waals surface area contributed by atoms with Gasteiger partial charge in [0, 0.05) is 23.9 Å². The van der Waals surface area contributed by atoms with Gasteiger partial charge < -0.3 is 19.3 Å². The number of hydrogen-bond acceptors (Lipinski definition) is 7. The summed E-state index contributed by atoms with van der Waals surface area (Å²) in [4.78, 5) is 29.3. The van der Waals surface area contributed by atoms with E-state index in [-0.39, 0.29) is 24.2 Å². The van der Waals surface area contributed by atoms with E-state index in [1.54, 1.807) is 13.0 Å². The molecule has 1 N–H and O–H groups in total. The number of carbonyl (C=O) groups excluding carboxylic acids is 1. The summed E-state index contributed by atoms with van der Waals surface area (Å²) < 4.78 is 17.7. The summed E-state index contributed by atoms with van der Waals surface area (Å²) in [5, 5.41) is 10.7. The van der Waals surface area contributed by atoms with E-state index in [9.17, 15) is 14.7 Å². The zero-order valence-corrected chi connectivity index (χ0v) is 16.4. The molecule has 142 valence electrons. The van der Waals surface area contributed by atoms with Crippen molar-refractivity contribution in [1.29, 1.82) is 0 Å². The average molecular weight is 429 g/mol. The summed E-state index contributed by atoms with van der Waals surface area (Å²) in [5.74, 6) is -1.35. The largest absolute Gasteiger partial charge is 0.506 e. The average Bonchev–Trinajstić information content (AvgIpc) is 2.59. The van der Waals surface area contributed by atoms with E-state index < -0.39 is 29.1 Å². The lowest BCUT2D eigenvalue weighted by Gasteiger charge is -2.20. The highest BCUT2D eigenvalue weighted by Gasteiger charge is 2.25. The zero-order valence-electron chi connectivity index (χ0n) is 14.8. The van der Waals surface area contributed by atoms with Gasteiger partial charge in [-0.25, -0.2) is 9.78 Å². The second-order valence-corrected chi connectivity index (χ2v) is 6.14. The molecular weight excluding hydrogens is 408 g/mol. The van der Waals surface area contributed by atoms with Gasteiger partial charge in [-0.2, -0.15) is 0 Å². The molecule has 0 aliphatic carbocycles. The molecule has 0 radical (unpaired) electrons. The fourth-order valence-corrected chi connectivity index (χ4v) is 2.85. The van der Waals surface area contributed by atoms with Gasteiger partial charge in [-0.1, -0.05) is 0 Å². The number of halogens is 1. The second-order valence-electron chi connectivity index (χ2n) is 5.22. The fourth-order valence-electron chi connectivity index (χ4n) is 2.52. The minimum atomic E-state index is -0.894. The van der Waals surface area contributed by atoms with Crippen molar-refractivity contribution in [2.75, 3.05) is 19.8 Å². The van der Waals surface area contributed by atoms with Crippen LogP contribution in [0.3, 0.4) is 0 Å². The van der Waals surface area contributed by atoms with Gasteiger partial charge in [-0.15, -0.1) is 0 Å². The predicted octanol–water partition coefficient (Wildman–Crippen LogP) is 2.44. The van der Waals surface area contributed by atoms with E-state index in [0.29, 0.717) is 17.7 Å². The molecule has 0 saturated carbocycles. The van der Waals surface area contributed by atoms with Crippen molar-refractivity contribution < 1.29 is 24.1 Å². The third-order valence-corrected chi connectivity index (χ3v) is 3.99. The number of rotatable bonds is 8. The summed E-state index contributed by atoms with van der Waals surface area (Å²) in [5.41, 5.74) is -0.938. The zero-order chi connectivity index (χ0) is 19.3. The van der Waals surface area contributed by atoms with Crippen LogP contribution in [0.1, 0.15) is 31.1 Å². The number of fused-ring (bicyclic) bond motifs is 1. The Kier molecular flexibility index (Phi) is 7.13. The molecule has 0 atom stereocenters. The Hall–Kier alpha value is -1.97. The van der Waals surface area contributed by atoms with Gasteiger partial charge in [0.1, 0.15) is 11.4 Å². The van der Waals surface area contributed by atoms with Crippen LogP contribution in [0, 0.1) is 0 Å². The van der Waals surface area contributed by atoms with Crippen LogP contribution in [-0.4, -0.2) is 46.7 Å². The molecule has 2 rings (SSSR count). The molecule has 0 aliphatic heterocycles. The van der Waals surface area contributed by atoms with Crippen molar-refractivity contribution >= 4 is 32.9 Å². The molecule has 9 heteroatoms. The molecule has 0 amide bonds. The molecule has 0 spiro atoms. The van der Waals surface area contributed by atoms with Gasteiger partial charge in [0.2, 0.25) is 0 Å². The molecule has 0 unspecified atom stereocenters. The topological polar surface area (TPSA) is 99.9 Å². The highest BCUT2D eigenvalue weighted by atomic mass is 79.9. The Morgan fingerprint density at radius 1 is 1.27 bits per heavy atom. The van der Waals surface area contributed by atoms with Crippen LogP contribution in [0.2, 0.25) is 0 Å². The fraction of sp³-hybridized carbons (Fsp3) is 0.471. The molecule has 26 heavy (non-hydrogen) atoms. The summed E-state index contributed by atoms with van der Waals surface area (Å²) >= 11 is 3.28. The van der Waals surface area contributed by atoms with Crippen molar-refractivity contribution in [3.8, 4) is 5.75 Å². The number of esters is 1. The first kappa shape index (κ1) is 20.3. The monoisotopic (exact) mass is 428 g/mol. The van der Waals surface area contributed by atoms with E-state index in [0.717, 1.165) is 0 Å². The smallest absolute Gasteiger partial charge is 0.347 e. The first-order valence-electron chi connectivity index (χ1n) is 8.25. The Morgan fingerprint density at radius 2 is 1.92 bits per heavy atom. The minimum absolute atomic E-state index is 0.0122. The highest BCUT2D eigenvalue weighted by Crippen LogP contribution is 2.28. The van der Waals surface area contributed by atoms with Gasteiger partial charge in [0.25, 0.3) is 5.56 Å².